The number of aliphatic carboxylic acids is 1. The lowest BCUT2D eigenvalue weighted by atomic mass is 9.73. The summed E-state index contributed by atoms with van der Waals surface area (Å²) in [5.74, 6) is -0.881. The Kier molecular flexibility index (Phi) is 3.70. The summed E-state index contributed by atoms with van der Waals surface area (Å²) >= 11 is 0. The van der Waals surface area contributed by atoms with E-state index in [0.29, 0.717) is 11.5 Å². The molecule has 1 unspecified atom stereocenters. The summed E-state index contributed by atoms with van der Waals surface area (Å²) in [6.45, 7) is 8.28. The van der Waals surface area contributed by atoms with Crippen molar-refractivity contribution in [1.29, 1.82) is 0 Å². The van der Waals surface area contributed by atoms with Gasteiger partial charge in [0.25, 0.3) is 0 Å². The van der Waals surface area contributed by atoms with Gasteiger partial charge in [0.2, 0.25) is 0 Å². The minimum absolute atomic E-state index is 0.180. The normalized spacial score (nSPS) is 30.7. The number of ether oxygens (including phenoxy) is 1. The summed E-state index contributed by atoms with van der Waals surface area (Å²) < 4.78 is 5.46. The Morgan fingerprint density at radius 2 is 2.06 bits per heavy atom. The van der Waals surface area contributed by atoms with Gasteiger partial charge in [0.1, 0.15) is 6.61 Å². The van der Waals surface area contributed by atoms with E-state index in [1.165, 1.54) is 25.7 Å². The standard InChI is InChI=1S/C14H25NO3/c1-13(2)6-4-5-11(7-13)15-9-14(3,10-15)18-8-12(16)17/h11H,4-10H2,1-3H3,(H,16,17). The van der Waals surface area contributed by atoms with E-state index in [1.807, 2.05) is 6.92 Å². The van der Waals surface area contributed by atoms with Gasteiger partial charge in [-0.1, -0.05) is 20.3 Å². The van der Waals surface area contributed by atoms with Crippen LogP contribution in [-0.4, -0.2) is 47.3 Å². The zero-order valence-electron chi connectivity index (χ0n) is 11.7. The first kappa shape index (κ1) is 13.8. The minimum Gasteiger partial charge on any atom is -0.480 e. The fraction of sp³-hybridized carbons (Fsp3) is 0.929. The molecule has 0 aromatic carbocycles. The highest BCUT2D eigenvalue weighted by Gasteiger charge is 2.45. The van der Waals surface area contributed by atoms with Gasteiger partial charge in [-0.25, -0.2) is 4.79 Å². The topological polar surface area (TPSA) is 49.8 Å². The van der Waals surface area contributed by atoms with Crippen LogP contribution in [-0.2, 0) is 9.53 Å². The average Bonchev–Trinajstić information content (AvgIpc) is 2.21. The lowest BCUT2D eigenvalue weighted by Crippen LogP contribution is -2.65. The molecule has 104 valence electrons. The zero-order chi connectivity index (χ0) is 13.4. The van der Waals surface area contributed by atoms with Gasteiger partial charge in [0.05, 0.1) is 5.60 Å². The van der Waals surface area contributed by atoms with Crippen molar-refractivity contribution in [1.82, 2.24) is 4.90 Å². The SMILES string of the molecule is CC1(C)CCCC(N2CC(C)(OCC(=O)O)C2)C1. The van der Waals surface area contributed by atoms with Crippen LogP contribution < -0.4 is 0 Å². The second-order valence-electron chi connectivity index (χ2n) is 6.95. The van der Waals surface area contributed by atoms with Gasteiger partial charge in [0, 0.05) is 19.1 Å². The number of hydrogen-bond donors (Lipinski definition) is 1. The van der Waals surface area contributed by atoms with Crippen molar-refractivity contribution in [2.24, 2.45) is 5.41 Å². The van der Waals surface area contributed by atoms with Crippen molar-refractivity contribution in [3.05, 3.63) is 0 Å². The van der Waals surface area contributed by atoms with Gasteiger partial charge in [-0.2, -0.15) is 0 Å². The van der Waals surface area contributed by atoms with Gasteiger partial charge in [0.15, 0.2) is 0 Å². The molecular weight excluding hydrogens is 230 g/mol. The van der Waals surface area contributed by atoms with Crippen LogP contribution in [0.25, 0.3) is 0 Å². The van der Waals surface area contributed by atoms with Crippen LogP contribution in [0.15, 0.2) is 0 Å². The molecule has 2 aliphatic rings. The molecule has 0 aromatic heterocycles. The maximum absolute atomic E-state index is 10.5. The van der Waals surface area contributed by atoms with E-state index in [-0.39, 0.29) is 12.2 Å². The summed E-state index contributed by atoms with van der Waals surface area (Å²) in [6.07, 6.45) is 5.16. The Bertz CT molecular complexity index is 321. The second kappa shape index (κ2) is 4.82. The molecule has 1 N–H and O–H groups in total. The van der Waals surface area contributed by atoms with Crippen LogP contribution in [0.4, 0.5) is 0 Å². The Balaban J connectivity index is 1.79. The Morgan fingerprint density at radius 1 is 1.39 bits per heavy atom. The van der Waals surface area contributed by atoms with Crippen molar-refractivity contribution in [2.45, 2.75) is 58.1 Å². The predicted molar refractivity (Wildman–Crippen MR) is 69.6 cm³/mol. The molecular formula is C14H25NO3. The molecule has 1 aliphatic carbocycles. The lowest BCUT2D eigenvalue weighted by Gasteiger charge is -2.53. The number of carbonyl (C=O) groups is 1. The molecule has 1 atom stereocenters. The summed E-state index contributed by atoms with van der Waals surface area (Å²) in [7, 11) is 0. The third kappa shape index (κ3) is 3.23. The monoisotopic (exact) mass is 255 g/mol. The first-order valence-corrected chi connectivity index (χ1v) is 6.90. The largest absolute Gasteiger partial charge is 0.480 e. The van der Waals surface area contributed by atoms with Gasteiger partial charge in [-0.05, 0) is 31.6 Å². The lowest BCUT2D eigenvalue weighted by molar-refractivity contribution is -0.172. The highest BCUT2D eigenvalue weighted by atomic mass is 16.5. The number of rotatable bonds is 4. The minimum atomic E-state index is -0.881. The van der Waals surface area contributed by atoms with Crippen LogP contribution in [0, 0.1) is 5.41 Å². The van der Waals surface area contributed by atoms with Crippen LogP contribution in [0.1, 0.15) is 46.5 Å². The fourth-order valence-electron chi connectivity index (χ4n) is 3.37. The van der Waals surface area contributed by atoms with E-state index in [2.05, 4.69) is 18.7 Å². The average molecular weight is 255 g/mol. The molecule has 4 heteroatoms. The third-order valence-corrected chi connectivity index (χ3v) is 4.31. The number of nitrogens with zero attached hydrogens (tertiary/aromatic N) is 1. The fourth-order valence-corrected chi connectivity index (χ4v) is 3.37. The summed E-state index contributed by atoms with van der Waals surface area (Å²) in [5, 5.41) is 8.64. The molecule has 1 heterocycles. The third-order valence-electron chi connectivity index (χ3n) is 4.31. The highest BCUT2D eigenvalue weighted by molar-refractivity contribution is 5.68. The van der Waals surface area contributed by atoms with Gasteiger partial charge >= 0.3 is 5.97 Å². The molecule has 4 nitrogen and oxygen atoms in total. The molecule has 0 aromatic rings. The predicted octanol–water partition coefficient (Wildman–Crippen LogP) is 2.13. The van der Waals surface area contributed by atoms with Crippen LogP contribution in [0.2, 0.25) is 0 Å². The Morgan fingerprint density at radius 3 is 2.61 bits per heavy atom. The smallest absolute Gasteiger partial charge is 0.329 e. The van der Waals surface area contributed by atoms with E-state index in [9.17, 15) is 4.79 Å². The zero-order valence-corrected chi connectivity index (χ0v) is 11.7. The maximum atomic E-state index is 10.5. The van der Waals surface area contributed by atoms with Gasteiger partial charge in [-0.15, -0.1) is 0 Å². The van der Waals surface area contributed by atoms with E-state index < -0.39 is 5.97 Å². The van der Waals surface area contributed by atoms with E-state index in [4.69, 9.17) is 9.84 Å². The Labute approximate surface area is 109 Å². The highest BCUT2D eigenvalue weighted by Crippen LogP contribution is 2.40. The van der Waals surface area contributed by atoms with Crippen molar-refractivity contribution < 1.29 is 14.6 Å². The number of carboxylic acid groups (broad SMARTS) is 1. The van der Waals surface area contributed by atoms with Crippen LogP contribution >= 0.6 is 0 Å². The van der Waals surface area contributed by atoms with E-state index in [0.717, 1.165) is 13.1 Å². The number of hydrogen-bond acceptors (Lipinski definition) is 3. The Hall–Kier alpha value is -0.610. The summed E-state index contributed by atoms with van der Waals surface area (Å²) in [4.78, 5) is 13.0. The second-order valence-corrected chi connectivity index (χ2v) is 6.95. The molecule has 0 amide bonds. The molecule has 1 aliphatic heterocycles. The van der Waals surface area contributed by atoms with Crippen molar-refractivity contribution in [3.63, 3.8) is 0 Å². The quantitative estimate of drug-likeness (QED) is 0.836. The van der Waals surface area contributed by atoms with Crippen molar-refractivity contribution in [3.8, 4) is 0 Å². The molecule has 0 spiro atoms. The molecule has 1 saturated carbocycles. The summed E-state index contributed by atoms with van der Waals surface area (Å²) in [6, 6.07) is 0.662. The van der Waals surface area contributed by atoms with Crippen molar-refractivity contribution in [2.75, 3.05) is 19.7 Å². The molecule has 0 bridgehead atoms. The number of likely N-dealkylation sites (tertiary alicyclic amines) is 1. The first-order valence-electron chi connectivity index (χ1n) is 6.90. The van der Waals surface area contributed by atoms with E-state index >= 15 is 0 Å². The van der Waals surface area contributed by atoms with Crippen molar-refractivity contribution >= 4 is 5.97 Å². The first-order chi connectivity index (χ1) is 8.30. The van der Waals surface area contributed by atoms with Crippen LogP contribution in [0.3, 0.4) is 0 Å². The molecule has 2 rings (SSSR count). The molecule has 2 fully saturated rings. The summed E-state index contributed by atoms with van der Waals surface area (Å²) in [5.41, 5.74) is 0.205. The number of carboxylic acids is 1. The van der Waals surface area contributed by atoms with Gasteiger partial charge < -0.3 is 9.84 Å². The van der Waals surface area contributed by atoms with Gasteiger partial charge in [-0.3, -0.25) is 4.90 Å². The molecule has 18 heavy (non-hydrogen) atoms. The maximum Gasteiger partial charge on any atom is 0.329 e. The molecule has 0 radical (unpaired) electrons. The molecule has 1 saturated heterocycles. The van der Waals surface area contributed by atoms with Crippen LogP contribution in [0.5, 0.6) is 0 Å². The van der Waals surface area contributed by atoms with E-state index in [1.54, 1.807) is 0 Å².